The average Bonchev–Trinajstić information content (AvgIpc) is 2.66. The molecule has 2 aliphatic rings. The van der Waals surface area contributed by atoms with Crippen molar-refractivity contribution in [3.05, 3.63) is 41.0 Å². The highest BCUT2D eigenvalue weighted by Crippen LogP contribution is 2.24. The zero-order chi connectivity index (χ0) is 12.7. The Morgan fingerprint density at radius 2 is 2.17 bits per heavy atom. The van der Waals surface area contributed by atoms with Crippen LogP contribution in [0.4, 0.5) is 5.82 Å². The Hall–Kier alpha value is -2.63. The number of carbonyl (C=O) groups excluding carboxylic acids is 1. The second-order valence-corrected chi connectivity index (χ2v) is 3.85. The van der Waals surface area contributed by atoms with Gasteiger partial charge in [-0.1, -0.05) is 12.1 Å². The molecule has 0 atom stereocenters. The molecule has 0 spiro atoms. The van der Waals surface area contributed by atoms with Crippen molar-refractivity contribution in [3.8, 4) is 5.69 Å². The van der Waals surface area contributed by atoms with E-state index in [2.05, 4.69) is 10.3 Å². The summed E-state index contributed by atoms with van der Waals surface area (Å²) < 4.78 is 6.82. The summed E-state index contributed by atoms with van der Waals surface area (Å²) in [6.07, 6.45) is 1.40. The quantitative estimate of drug-likeness (QED) is 0.700. The van der Waals surface area contributed by atoms with Gasteiger partial charge in [-0.2, -0.15) is 4.98 Å². The second kappa shape index (κ2) is 3.69. The average molecular weight is 243 g/mol. The Bertz CT molecular complexity index is 772. The van der Waals surface area contributed by atoms with Crippen molar-refractivity contribution in [2.75, 3.05) is 5.32 Å². The topological polar surface area (TPSA) is 77.1 Å². The highest BCUT2D eigenvalue weighted by atomic mass is 16.3. The summed E-state index contributed by atoms with van der Waals surface area (Å²) in [6, 6.07) is 7.13. The van der Waals surface area contributed by atoms with Crippen LogP contribution in [0.3, 0.4) is 0 Å². The molecule has 1 aromatic rings. The lowest BCUT2D eigenvalue weighted by Gasteiger charge is -2.07. The predicted octanol–water partition coefficient (Wildman–Crippen LogP) is 1.37. The highest BCUT2D eigenvalue weighted by Gasteiger charge is 2.18. The van der Waals surface area contributed by atoms with Crippen LogP contribution in [0.5, 0.6) is 0 Å². The van der Waals surface area contributed by atoms with Crippen LogP contribution in [-0.4, -0.2) is 15.5 Å². The van der Waals surface area contributed by atoms with E-state index >= 15 is 0 Å². The van der Waals surface area contributed by atoms with Gasteiger partial charge in [0.15, 0.2) is 11.4 Å². The molecular formula is C12H9N3O3. The van der Waals surface area contributed by atoms with E-state index in [9.17, 15) is 9.59 Å². The van der Waals surface area contributed by atoms with Crippen LogP contribution in [0.1, 0.15) is 6.92 Å². The van der Waals surface area contributed by atoms with Gasteiger partial charge in [-0.15, -0.1) is 0 Å². The molecule has 1 N–H and O–H groups in total. The van der Waals surface area contributed by atoms with Gasteiger partial charge >= 0.3 is 5.69 Å². The van der Waals surface area contributed by atoms with Gasteiger partial charge in [-0.3, -0.25) is 9.36 Å². The molecular weight excluding hydrogens is 234 g/mol. The molecule has 1 aromatic carbocycles. The number of imidazole rings is 1. The van der Waals surface area contributed by atoms with Crippen molar-refractivity contribution in [2.45, 2.75) is 6.92 Å². The van der Waals surface area contributed by atoms with Crippen LogP contribution in [0.2, 0.25) is 0 Å². The second-order valence-electron chi connectivity index (χ2n) is 3.85. The van der Waals surface area contributed by atoms with Gasteiger partial charge in [0, 0.05) is 6.92 Å². The lowest BCUT2D eigenvalue weighted by atomic mass is 10.3. The maximum atomic E-state index is 11.9. The normalized spacial score (nSPS) is 10.9. The van der Waals surface area contributed by atoms with Crippen molar-refractivity contribution in [1.82, 2.24) is 9.55 Å². The zero-order valence-electron chi connectivity index (χ0n) is 9.51. The first-order chi connectivity index (χ1) is 8.66. The van der Waals surface area contributed by atoms with Gasteiger partial charge in [-0.25, -0.2) is 4.79 Å². The summed E-state index contributed by atoms with van der Waals surface area (Å²) in [5.74, 6) is -0.0786. The number of fused-ring (bicyclic) bond motifs is 3. The molecule has 0 aromatic heterocycles. The first-order valence-corrected chi connectivity index (χ1v) is 5.33. The number of anilines is 1. The Morgan fingerprint density at radius 1 is 1.39 bits per heavy atom. The van der Waals surface area contributed by atoms with E-state index in [1.807, 2.05) is 6.07 Å². The summed E-state index contributed by atoms with van der Waals surface area (Å²) in [7, 11) is 0. The van der Waals surface area contributed by atoms with Crippen molar-refractivity contribution >= 4 is 22.8 Å². The summed E-state index contributed by atoms with van der Waals surface area (Å²) >= 11 is 0. The molecule has 0 saturated heterocycles. The Kier molecular flexibility index (Phi) is 2.16. The van der Waals surface area contributed by atoms with Crippen LogP contribution in [0.15, 0.2) is 39.7 Å². The van der Waals surface area contributed by atoms with Gasteiger partial charge in [-0.05, 0) is 12.1 Å². The van der Waals surface area contributed by atoms with Crippen LogP contribution in [0.25, 0.3) is 16.8 Å². The van der Waals surface area contributed by atoms with Crippen molar-refractivity contribution in [2.24, 2.45) is 0 Å². The number of nitrogens with zero attached hydrogens (tertiary/aromatic N) is 2. The standard InChI is InChI=1S/C12H9N3O3/c1-7(16)13-11-9-6-18-10-5-3-2-4-8(10)15(9)12(17)14-11/h2-6H,1H3,(H,13,14,16,17). The van der Waals surface area contributed by atoms with Crippen molar-refractivity contribution in [1.29, 1.82) is 0 Å². The van der Waals surface area contributed by atoms with Gasteiger partial charge in [0.2, 0.25) is 5.91 Å². The zero-order valence-corrected chi connectivity index (χ0v) is 9.51. The van der Waals surface area contributed by atoms with E-state index in [-0.39, 0.29) is 11.7 Å². The molecule has 0 fully saturated rings. The Balaban J connectivity index is 2.35. The number of benzene rings is 1. The maximum absolute atomic E-state index is 11.9. The number of rotatable bonds is 1. The molecule has 0 radical (unpaired) electrons. The van der Waals surface area contributed by atoms with Gasteiger partial charge in [0.1, 0.15) is 12.0 Å². The number of hydrogen-bond donors (Lipinski definition) is 1. The largest absolute Gasteiger partial charge is 0.460 e. The minimum absolute atomic E-state index is 0.210. The third kappa shape index (κ3) is 1.46. The van der Waals surface area contributed by atoms with E-state index in [4.69, 9.17) is 4.42 Å². The van der Waals surface area contributed by atoms with Gasteiger partial charge in [0.05, 0.1) is 5.52 Å². The number of aromatic nitrogens is 2. The molecule has 1 amide bonds. The van der Waals surface area contributed by atoms with Crippen molar-refractivity contribution < 1.29 is 9.21 Å². The van der Waals surface area contributed by atoms with Gasteiger partial charge < -0.3 is 9.73 Å². The number of carbonyl (C=O) groups is 1. The fourth-order valence-electron chi connectivity index (χ4n) is 1.87. The first-order valence-electron chi connectivity index (χ1n) is 5.33. The van der Waals surface area contributed by atoms with E-state index in [0.717, 1.165) is 0 Å². The van der Waals surface area contributed by atoms with Crippen LogP contribution < -0.4 is 11.0 Å². The maximum Gasteiger partial charge on any atom is 0.355 e. The fourth-order valence-corrected chi connectivity index (χ4v) is 1.87. The molecule has 0 unspecified atom stereocenters. The third-order valence-corrected chi connectivity index (χ3v) is 2.58. The molecule has 2 heterocycles. The minimum atomic E-state index is -0.444. The highest BCUT2D eigenvalue weighted by molar-refractivity contribution is 5.90. The summed E-state index contributed by atoms with van der Waals surface area (Å²) in [5, 5.41) is 2.50. The molecule has 3 rings (SSSR count). The Labute approximate surface area is 101 Å². The predicted molar refractivity (Wildman–Crippen MR) is 65.1 cm³/mol. The molecule has 18 heavy (non-hydrogen) atoms. The van der Waals surface area contributed by atoms with E-state index < -0.39 is 5.69 Å². The molecule has 6 nitrogen and oxygen atoms in total. The molecule has 2 aliphatic heterocycles. The summed E-state index contributed by atoms with van der Waals surface area (Å²) in [5.41, 5.74) is 1.19. The fraction of sp³-hybridized carbons (Fsp3) is 0.0833. The smallest absolute Gasteiger partial charge is 0.355 e. The third-order valence-electron chi connectivity index (χ3n) is 2.58. The molecule has 6 heteroatoms. The minimum Gasteiger partial charge on any atom is -0.460 e. The van der Waals surface area contributed by atoms with E-state index in [0.29, 0.717) is 16.8 Å². The number of amides is 1. The lowest BCUT2D eigenvalue weighted by molar-refractivity contribution is -0.114. The lowest BCUT2D eigenvalue weighted by Crippen LogP contribution is -2.14. The van der Waals surface area contributed by atoms with Crippen molar-refractivity contribution in [3.63, 3.8) is 0 Å². The van der Waals surface area contributed by atoms with Crippen LogP contribution in [0, 0.1) is 0 Å². The van der Waals surface area contributed by atoms with E-state index in [1.165, 1.54) is 17.8 Å². The number of hydrogen-bond acceptors (Lipinski definition) is 4. The summed E-state index contributed by atoms with van der Waals surface area (Å²) in [6.45, 7) is 1.36. The number of nitrogens with one attached hydrogen (secondary N) is 1. The van der Waals surface area contributed by atoms with Crippen LogP contribution >= 0.6 is 0 Å². The molecule has 0 aliphatic carbocycles. The monoisotopic (exact) mass is 243 g/mol. The van der Waals surface area contributed by atoms with Crippen LogP contribution in [-0.2, 0) is 4.79 Å². The molecule has 0 saturated carbocycles. The summed E-state index contributed by atoms with van der Waals surface area (Å²) in [4.78, 5) is 26.7. The first kappa shape index (κ1) is 10.5. The Morgan fingerprint density at radius 3 is 2.94 bits per heavy atom. The SMILES string of the molecule is CC(=O)Nc1nc(=O)n2c3ccccc3occ1-2. The van der Waals surface area contributed by atoms with Gasteiger partial charge in [0.25, 0.3) is 0 Å². The number of para-hydroxylation sites is 2. The molecule has 0 bridgehead atoms. The molecule has 90 valence electrons. The van der Waals surface area contributed by atoms with E-state index in [1.54, 1.807) is 18.2 Å².